The number of nitrogens with zero attached hydrogens (tertiary/aromatic N) is 1. The molecule has 0 aromatic heterocycles. The van der Waals surface area contributed by atoms with Crippen molar-refractivity contribution >= 4 is 17.7 Å². The summed E-state index contributed by atoms with van der Waals surface area (Å²) in [5.74, 6) is 1.31. The van der Waals surface area contributed by atoms with Crippen LogP contribution in [0.5, 0.6) is 0 Å². The Morgan fingerprint density at radius 3 is 2.64 bits per heavy atom. The summed E-state index contributed by atoms with van der Waals surface area (Å²) in [5, 5.41) is 0. The van der Waals surface area contributed by atoms with E-state index in [0.29, 0.717) is 5.91 Å². The smallest absolute Gasteiger partial charge is 0.223 e. The van der Waals surface area contributed by atoms with Gasteiger partial charge >= 0.3 is 0 Å². The molecule has 0 N–H and O–H groups in total. The van der Waals surface area contributed by atoms with Crippen LogP contribution in [-0.2, 0) is 4.79 Å². The van der Waals surface area contributed by atoms with Crippen LogP contribution in [0.4, 0.5) is 0 Å². The third-order valence-corrected chi connectivity index (χ3v) is 2.59. The molecule has 0 aromatic carbocycles. The van der Waals surface area contributed by atoms with Gasteiger partial charge in [-0.2, -0.15) is 11.8 Å². The van der Waals surface area contributed by atoms with E-state index in [9.17, 15) is 4.79 Å². The van der Waals surface area contributed by atoms with Crippen LogP contribution in [0, 0.1) is 0 Å². The second kappa shape index (κ2) is 4.65. The molecule has 1 aliphatic rings. The molecule has 0 spiro atoms. The summed E-state index contributed by atoms with van der Waals surface area (Å²) >= 11 is 1.74. The van der Waals surface area contributed by atoms with Crippen molar-refractivity contribution in [2.24, 2.45) is 0 Å². The zero-order chi connectivity index (χ0) is 8.10. The SMILES string of the molecule is CSCCC(=O)N1CCCC1. The Hall–Kier alpha value is -0.180. The average molecular weight is 173 g/mol. The number of hydrogen-bond donors (Lipinski definition) is 0. The third kappa shape index (κ3) is 2.73. The molecule has 0 bridgehead atoms. The Kier molecular flexibility index (Phi) is 3.77. The lowest BCUT2D eigenvalue weighted by Gasteiger charge is -2.14. The lowest BCUT2D eigenvalue weighted by Crippen LogP contribution is -2.27. The molecule has 1 rings (SSSR count). The second-order valence-electron chi connectivity index (χ2n) is 2.83. The molecule has 0 saturated carbocycles. The van der Waals surface area contributed by atoms with Crippen LogP contribution in [0.25, 0.3) is 0 Å². The van der Waals surface area contributed by atoms with Gasteiger partial charge in [0.05, 0.1) is 0 Å². The van der Waals surface area contributed by atoms with Gasteiger partial charge in [-0.25, -0.2) is 0 Å². The first-order valence-electron chi connectivity index (χ1n) is 4.11. The maximum atomic E-state index is 11.3. The fourth-order valence-corrected chi connectivity index (χ4v) is 1.69. The van der Waals surface area contributed by atoms with Gasteiger partial charge < -0.3 is 4.90 Å². The number of amides is 1. The van der Waals surface area contributed by atoms with Crippen LogP contribution < -0.4 is 0 Å². The van der Waals surface area contributed by atoms with E-state index in [0.717, 1.165) is 25.3 Å². The van der Waals surface area contributed by atoms with E-state index in [2.05, 4.69) is 0 Å². The minimum atomic E-state index is 0.344. The fourth-order valence-electron chi connectivity index (χ4n) is 1.31. The molecule has 1 saturated heterocycles. The predicted molar refractivity (Wildman–Crippen MR) is 48.8 cm³/mol. The summed E-state index contributed by atoms with van der Waals surface area (Å²) in [7, 11) is 0. The number of likely N-dealkylation sites (tertiary alicyclic amines) is 1. The molecule has 1 amide bonds. The Bertz CT molecular complexity index is 132. The van der Waals surface area contributed by atoms with Crippen molar-refractivity contribution in [2.45, 2.75) is 19.3 Å². The predicted octanol–water partition coefficient (Wildman–Crippen LogP) is 1.36. The van der Waals surface area contributed by atoms with Crippen LogP contribution in [0.15, 0.2) is 0 Å². The molecule has 0 aromatic rings. The third-order valence-electron chi connectivity index (χ3n) is 1.98. The Balaban J connectivity index is 2.17. The van der Waals surface area contributed by atoms with Crippen LogP contribution in [0.2, 0.25) is 0 Å². The van der Waals surface area contributed by atoms with E-state index in [1.165, 1.54) is 12.8 Å². The quantitative estimate of drug-likeness (QED) is 0.642. The van der Waals surface area contributed by atoms with E-state index in [4.69, 9.17) is 0 Å². The van der Waals surface area contributed by atoms with E-state index in [1.807, 2.05) is 11.2 Å². The minimum Gasteiger partial charge on any atom is -0.343 e. The highest BCUT2D eigenvalue weighted by molar-refractivity contribution is 7.98. The first kappa shape index (κ1) is 8.91. The van der Waals surface area contributed by atoms with Crippen LogP contribution >= 0.6 is 11.8 Å². The molecular weight excluding hydrogens is 158 g/mol. The Morgan fingerprint density at radius 2 is 2.09 bits per heavy atom. The van der Waals surface area contributed by atoms with Gasteiger partial charge in [0, 0.05) is 25.3 Å². The maximum absolute atomic E-state index is 11.3. The van der Waals surface area contributed by atoms with Crippen LogP contribution in [-0.4, -0.2) is 35.9 Å². The van der Waals surface area contributed by atoms with Gasteiger partial charge in [0.1, 0.15) is 0 Å². The molecule has 64 valence electrons. The Labute approximate surface area is 72.3 Å². The lowest BCUT2D eigenvalue weighted by atomic mass is 10.4. The Morgan fingerprint density at radius 1 is 1.45 bits per heavy atom. The highest BCUT2D eigenvalue weighted by atomic mass is 32.2. The van der Waals surface area contributed by atoms with Crippen molar-refractivity contribution < 1.29 is 4.79 Å². The summed E-state index contributed by atoms with van der Waals surface area (Å²) in [6.45, 7) is 1.99. The number of thioether (sulfide) groups is 1. The van der Waals surface area contributed by atoms with Gasteiger partial charge in [-0.3, -0.25) is 4.79 Å². The van der Waals surface area contributed by atoms with Crippen molar-refractivity contribution in [3.8, 4) is 0 Å². The highest BCUT2D eigenvalue weighted by Crippen LogP contribution is 2.09. The summed E-state index contributed by atoms with van der Waals surface area (Å²) in [6, 6.07) is 0. The molecule has 0 atom stereocenters. The molecule has 1 fully saturated rings. The van der Waals surface area contributed by atoms with Gasteiger partial charge in [0.15, 0.2) is 0 Å². The van der Waals surface area contributed by atoms with Crippen molar-refractivity contribution in [2.75, 3.05) is 25.1 Å². The van der Waals surface area contributed by atoms with Gasteiger partial charge in [-0.1, -0.05) is 0 Å². The van der Waals surface area contributed by atoms with Crippen molar-refractivity contribution in [1.29, 1.82) is 0 Å². The molecule has 1 aliphatic heterocycles. The molecule has 3 heteroatoms. The van der Waals surface area contributed by atoms with Crippen molar-refractivity contribution in [3.05, 3.63) is 0 Å². The van der Waals surface area contributed by atoms with Gasteiger partial charge in [0.25, 0.3) is 0 Å². The molecular formula is C8H15NOS. The van der Waals surface area contributed by atoms with Crippen molar-refractivity contribution in [3.63, 3.8) is 0 Å². The minimum absolute atomic E-state index is 0.344. The normalized spacial score (nSPS) is 17.4. The van der Waals surface area contributed by atoms with Gasteiger partial charge in [-0.05, 0) is 19.1 Å². The first-order chi connectivity index (χ1) is 5.34. The summed E-state index contributed by atoms with van der Waals surface area (Å²) < 4.78 is 0. The highest BCUT2D eigenvalue weighted by Gasteiger charge is 2.16. The number of hydrogen-bond acceptors (Lipinski definition) is 2. The van der Waals surface area contributed by atoms with E-state index >= 15 is 0 Å². The van der Waals surface area contributed by atoms with Crippen molar-refractivity contribution in [1.82, 2.24) is 4.90 Å². The molecule has 0 aliphatic carbocycles. The van der Waals surface area contributed by atoms with Crippen LogP contribution in [0.1, 0.15) is 19.3 Å². The molecule has 0 radical (unpaired) electrons. The first-order valence-corrected chi connectivity index (χ1v) is 5.50. The van der Waals surface area contributed by atoms with Gasteiger partial charge in [-0.15, -0.1) is 0 Å². The number of rotatable bonds is 3. The van der Waals surface area contributed by atoms with E-state index in [1.54, 1.807) is 11.8 Å². The zero-order valence-corrected chi connectivity index (χ0v) is 7.82. The standard InChI is InChI=1S/C8H15NOS/c1-11-7-4-8(10)9-5-2-3-6-9/h2-7H2,1H3. The molecule has 11 heavy (non-hydrogen) atoms. The molecule has 0 unspecified atom stereocenters. The van der Waals surface area contributed by atoms with E-state index < -0.39 is 0 Å². The van der Waals surface area contributed by atoms with Gasteiger partial charge in [0.2, 0.25) is 5.91 Å². The molecule has 1 heterocycles. The average Bonchev–Trinajstić information content (AvgIpc) is 2.52. The van der Waals surface area contributed by atoms with Crippen LogP contribution in [0.3, 0.4) is 0 Å². The number of carbonyl (C=O) groups excluding carboxylic acids is 1. The topological polar surface area (TPSA) is 20.3 Å². The maximum Gasteiger partial charge on any atom is 0.223 e. The second-order valence-corrected chi connectivity index (χ2v) is 3.82. The summed E-state index contributed by atoms with van der Waals surface area (Å²) in [5.41, 5.74) is 0. The monoisotopic (exact) mass is 173 g/mol. The van der Waals surface area contributed by atoms with E-state index in [-0.39, 0.29) is 0 Å². The fraction of sp³-hybridized carbons (Fsp3) is 0.875. The molecule has 2 nitrogen and oxygen atoms in total. The summed E-state index contributed by atoms with van der Waals surface area (Å²) in [4.78, 5) is 13.3. The number of carbonyl (C=O) groups is 1. The summed E-state index contributed by atoms with van der Waals surface area (Å²) in [6.07, 6.45) is 5.16. The zero-order valence-electron chi connectivity index (χ0n) is 7.01. The largest absolute Gasteiger partial charge is 0.343 e. The lowest BCUT2D eigenvalue weighted by molar-refractivity contribution is -0.129.